The zero-order valence-corrected chi connectivity index (χ0v) is 10.9. The lowest BCUT2D eigenvalue weighted by molar-refractivity contribution is 0.0870. The van der Waals surface area contributed by atoms with Crippen LogP contribution in [0.1, 0.15) is 31.7 Å². The molecule has 1 aromatic rings. The molecule has 16 heavy (non-hydrogen) atoms. The van der Waals surface area contributed by atoms with Crippen LogP contribution < -0.4 is 5.32 Å². The molecule has 0 amide bonds. The summed E-state index contributed by atoms with van der Waals surface area (Å²) in [6.45, 7) is 7.57. The fraction of sp³-hybridized carbons (Fsp3) is 0.538. The normalized spacial score (nSPS) is 12.8. The quantitative estimate of drug-likeness (QED) is 0.604. The van der Waals surface area contributed by atoms with Crippen molar-refractivity contribution in [1.82, 2.24) is 0 Å². The van der Waals surface area contributed by atoms with E-state index >= 15 is 0 Å². The van der Waals surface area contributed by atoms with E-state index < -0.39 is 0 Å². The molecule has 0 saturated heterocycles. The third-order valence-corrected chi connectivity index (χ3v) is 2.49. The van der Waals surface area contributed by atoms with Crippen molar-refractivity contribution in [3.8, 4) is 0 Å². The second-order valence-electron chi connectivity index (χ2n) is 4.05. The third kappa shape index (κ3) is 4.42. The fourth-order valence-electron chi connectivity index (χ4n) is 1.49. The van der Waals surface area contributed by atoms with Gasteiger partial charge in [0.15, 0.2) is 0 Å². The Bertz CT molecular complexity index is 313. The molecule has 1 atom stereocenters. The summed E-state index contributed by atoms with van der Waals surface area (Å²) in [5, 5.41) is 3.36. The highest BCUT2D eigenvalue weighted by Crippen LogP contribution is 2.26. The number of para-hydroxylation sites is 1. The van der Waals surface area contributed by atoms with E-state index in [1.165, 1.54) is 0 Å². The number of hydrogen-bond acceptors (Lipinski definition) is 2. The Morgan fingerprint density at radius 1 is 1.25 bits per heavy atom. The van der Waals surface area contributed by atoms with Crippen molar-refractivity contribution in [1.29, 1.82) is 0 Å². The van der Waals surface area contributed by atoms with Crippen LogP contribution in [0.5, 0.6) is 0 Å². The predicted molar refractivity (Wildman–Crippen MR) is 70.3 cm³/mol. The topological polar surface area (TPSA) is 21.3 Å². The molecule has 0 aliphatic rings. The monoisotopic (exact) mass is 241 g/mol. The largest absolute Gasteiger partial charge is 0.382 e. The Morgan fingerprint density at radius 3 is 2.56 bits per heavy atom. The van der Waals surface area contributed by atoms with Crippen LogP contribution in [0.25, 0.3) is 0 Å². The van der Waals surface area contributed by atoms with Crippen LogP contribution in [0.4, 0.5) is 5.69 Å². The van der Waals surface area contributed by atoms with Gasteiger partial charge in [0.05, 0.1) is 18.1 Å². The molecule has 90 valence electrons. The second kappa shape index (κ2) is 6.77. The van der Waals surface area contributed by atoms with Crippen molar-refractivity contribution in [3.05, 3.63) is 29.8 Å². The zero-order chi connectivity index (χ0) is 12.0. The minimum Gasteiger partial charge on any atom is -0.382 e. The molecule has 0 aliphatic carbocycles. The van der Waals surface area contributed by atoms with Crippen LogP contribution >= 0.6 is 11.6 Å². The number of ether oxygens (including phenoxy) is 1. The van der Waals surface area contributed by atoms with E-state index in [0.717, 1.165) is 17.8 Å². The first-order valence-electron chi connectivity index (χ1n) is 5.69. The number of nitrogens with one attached hydrogen (secondary N) is 1. The van der Waals surface area contributed by atoms with Gasteiger partial charge in [-0.2, -0.15) is 0 Å². The van der Waals surface area contributed by atoms with Crippen molar-refractivity contribution in [2.24, 2.45) is 0 Å². The van der Waals surface area contributed by atoms with Crippen molar-refractivity contribution in [3.63, 3.8) is 0 Å². The highest BCUT2D eigenvalue weighted by molar-refractivity contribution is 6.21. The number of hydrogen-bond donors (Lipinski definition) is 1. The maximum atomic E-state index is 6.10. The first-order chi connectivity index (χ1) is 7.61. The zero-order valence-electron chi connectivity index (χ0n) is 10.2. The molecule has 0 heterocycles. The van der Waals surface area contributed by atoms with Crippen molar-refractivity contribution >= 4 is 17.3 Å². The van der Waals surface area contributed by atoms with E-state index in [2.05, 4.69) is 5.32 Å². The van der Waals surface area contributed by atoms with Gasteiger partial charge in [0.2, 0.25) is 0 Å². The van der Waals surface area contributed by atoms with Crippen LogP contribution in [0, 0.1) is 0 Å². The number of alkyl halides is 1. The molecule has 1 unspecified atom stereocenters. The Hall–Kier alpha value is -0.730. The minimum absolute atomic E-state index is 0.0229. The van der Waals surface area contributed by atoms with Crippen LogP contribution in [-0.2, 0) is 4.74 Å². The average Bonchev–Trinajstić information content (AvgIpc) is 2.24. The van der Waals surface area contributed by atoms with E-state index in [9.17, 15) is 0 Å². The molecular weight excluding hydrogens is 222 g/mol. The molecular formula is C13H20ClNO. The molecule has 0 spiro atoms. The summed E-state index contributed by atoms with van der Waals surface area (Å²) in [6.07, 6.45) is 0.281. The van der Waals surface area contributed by atoms with E-state index in [1.54, 1.807) is 0 Å². The molecule has 1 N–H and O–H groups in total. The number of halogens is 1. The van der Waals surface area contributed by atoms with E-state index in [0.29, 0.717) is 6.61 Å². The van der Waals surface area contributed by atoms with Gasteiger partial charge in [0.25, 0.3) is 0 Å². The molecule has 0 aliphatic heterocycles. The molecule has 0 saturated carbocycles. The molecule has 1 aromatic carbocycles. The lowest BCUT2D eigenvalue weighted by atomic mass is 10.1. The van der Waals surface area contributed by atoms with Gasteiger partial charge in [0, 0.05) is 12.2 Å². The Labute approximate surface area is 103 Å². The van der Waals surface area contributed by atoms with Crippen LogP contribution in [-0.4, -0.2) is 19.3 Å². The molecule has 0 bridgehead atoms. The predicted octanol–water partition coefficient (Wildman–Crippen LogP) is 3.82. The van der Waals surface area contributed by atoms with E-state index in [1.807, 2.05) is 45.0 Å². The maximum Gasteiger partial charge on any atom is 0.0642 e. The van der Waals surface area contributed by atoms with Gasteiger partial charge in [-0.3, -0.25) is 0 Å². The second-order valence-corrected chi connectivity index (χ2v) is 4.70. The lowest BCUT2D eigenvalue weighted by Crippen LogP contribution is -2.14. The summed E-state index contributed by atoms with van der Waals surface area (Å²) in [7, 11) is 0. The van der Waals surface area contributed by atoms with Gasteiger partial charge in [-0.25, -0.2) is 0 Å². The van der Waals surface area contributed by atoms with Gasteiger partial charge in [0.1, 0.15) is 0 Å². The molecule has 1 rings (SSSR count). The van der Waals surface area contributed by atoms with Crippen LogP contribution in [0.15, 0.2) is 24.3 Å². The Balaban J connectivity index is 2.47. The Kier molecular flexibility index (Phi) is 5.64. The SMILES string of the molecule is CC(C)OCCNc1ccccc1C(C)Cl. The minimum atomic E-state index is 0.0229. The maximum absolute atomic E-state index is 6.10. The molecule has 0 fully saturated rings. The molecule has 0 radical (unpaired) electrons. The van der Waals surface area contributed by atoms with Gasteiger partial charge in [-0.1, -0.05) is 18.2 Å². The molecule has 2 nitrogen and oxygen atoms in total. The van der Waals surface area contributed by atoms with Crippen LogP contribution in [0.3, 0.4) is 0 Å². The van der Waals surface area contributed by atoms with Gasteiger partial charge in [-0.05, 0) is 32.4 Å². The summed E-state index contributed by atoms with van der Waals surface area (Å²) in [4.78, 5) is 0. The number of benzene rings is 1. The summed E-state index contributed by atoms with van der Waals surface area (Å²) in [5.41, 5.74) is 2.23. The third-order valence-electron chi connectivity index (χ3n) is 2.26. The molecule has 3 heteroatoms. The average molecular weight is 242 g/mol. The summed E-state index contributed by atoms with van der Waals surface area (Å²) >= 11 is 6.10. The first kappa shape index (κ1) is 13.3. The lowest BCUT2D eigenvalue weighted by Gasteiger charge is -2.14. The molecule has 0 aromatic heterocycles. The summed E-state index contributed by atoms with van der Waals surface area (Å²) in [5.74, 6) is 0. The Morgan fingerprint density at radius 2 is 1.94 bits per heavy atom. The standard InChI is InChI=1S/C13H20ClNO/c1-10(2)16-9-8-15-13-7-5-4-6-12(13)11(3)14/h4-7,10-11,15H,8-9H2,1-3H3. The van der Waals surface area contributed by atoms with Gasteiger partial charge < -0.3 is 10.1 Å². The highest BCUT2D eigenvalue weighted by atomic mass is 35.5. The first-order valence-corrected chi connectivity index (χ1v) is 6.13. The highest BCUT2D eigenvalue weighted by Gasteiger charge is 2.06. The summed E-state index contributed by atoms with van der Waals surface area (Å²) in [6, 6.07) is 8.10. The summed E-state index contributed by atoms with van der Waals surface area (Å²) < 4.78 is 5.47. The van der Waals surface area contributed by atoms with Crippen molar-refractivity contribution < 1.29 is 4.74 Å². The van der Waals surface area contributed by atoms with E-state index in [-0.39, 0.29) is 11.5 Å². The fourth-order valence-corrected chi connectivity index (χ4v) is 1.68. The number of anilines is 1. The van der Waals surface area contributed by atoms with E-state index in [4.69, 9.17) is 16.3 Å². The smallest absolute Gasteiger partial charge is 0.0642 e. The van der Waals surface area contributed by atoms with Gasteiger partial charge in [-0.15, -0.1) is 11.6 Å². The van der Waals surface area contributed by atoms with Crippen LogP contribution in [0.2, 0.25) is 0 Å². The van der Waals surface area contributed by atoms with Crippen molar-refractivity contribution in [2.75, 3.05) is 18.5 Å². The van der Waals surface area contributed by atoms with Crippen molar-refractivity contribution in [2.45, 2.75) is 32.3 Å². The number of rotatable bonds is 6. The van der Waals surface area contributed by atoms with Gasteiger partial charge >= 0.3 is 0 Å².